The molecule has 5 rings (SSSR count). The lowest BCUT2D eigenvalue weighted by atomic mass is 9.57. The number of aliphatic hydroxyl groups is 3. The molecular weight excluding hydrogens is 568 g/mol. The molecule has 0 unspecified atom stereocenters. The van der Waals surface area contributed by atoms with Gasteiger partial charge in [0.15, 0.2) is 11.4 Å². The van der Waals surface area contributed by atoms with Crippen molar-refractivity contribution in [2.24, 2.45) is 17.6 Å². The molecule has 0 spiro atoms. The number of hydrogen-bond acceptors (Lipinski definition) is 10. The number of amides is 2. The Hall–Kier alpha value is -4.52. The van der Waals surface area contributed by atoms with Crippen molar-refractivity contribution in [1.82, 2.24) is 15.1 Å². The molecule has 0 heterocycles. The normalized spacial score (nSPS) is 24.8. The van der Waals surface area contributed by atoms with Gasteiger partial charge in [-0.05, 0) is 81.8 Å². The van der Waals surface area contributed by atoms with Gasteiger partial charge in [0.05, 0.1) is 11.6 Å². The SMILES string of the molecule is CN(C)CCNC(=O)c1cccc(-c2ccc(O)c3c2C[C@@H]2C[C@@H]4[C@@H](N(C)C)C(=O)C(C(N)=O)=C(O)[C@@]4(O)C(=O)C2=C3O)c1. The van der Waals surface area contributed by atoms with E-state index in [1.54, 1.807) is 44.4 Å². The molecular formula is C32H36N4O8. The van der Waals surface area contributed by atoms with Gasteiger partial charge in [0.2, 0.25) is 5.78 Å². The Bertz CT molecular complexity index is 1660. The first kappa shape index (κ1) is 30.9. The van der Waals surface area contributed by atoms with Crippen LogP contribution in [0, 0.1) is 11.8 Å². The number of nitrogens with two attached hydrogens (primary N) is 1. The molecule has 1 saturated carbocycles. The van der Waals surface area contributed by atoms with Gasteiger partial charge in [0, 0.05) is 30.1 Å². The summed E-state index contributed by atoms with van der Waals surface area (Å²) in [6, 6.07) is 8.76. The van der Waals surface area contributed by atoms with Crippen molar-refractivity contribution in [3.63, 3.8) is 0 Å². The van der Waals surface area contributed by atoms with Gasteiger partial charge in [-0.2, -0.15) is 0 Å². The van der Waals surface area contributed by atoms with Crippen LogP contribution in [-0.4, -0.2) is 107 Å². The zero-order valence-corrected chi connectivity index (χ0v) is 24.9. The number of benzene rings is 2. The topological polar surface area (TPSA) is 194 Å². The molecule has 0 radical (unpaired) electrons. The van der Waals surface area contributed by atoms with E-state index in [0.717, 1.165) is 0 Å². The summed E-state index contributed by atoms with van der Waals surface area (Å²) >= 11 is 0. The molecule has 0 saturated heterocycles. The van der Waals surface area contributed by atoms with Crippen LogP contribution in [0.4, 0.5) is 0 Å². The Balaban J connectivity index is 1.62. The van der Waals surface area contributed by atoms with Crippen LogP contribution in [0.1, 0.15) is 27.9 Å². The second kappa shape index (κ2) is 11.2. The first-order valence-electron chi connectivity index (χ1n) is 14.2. The Morgan fingerprint density at radius 1 is 1.07 bits per heavy atom. The molecule has 0 bridgehead atoms. The molecule has 0 aliphatic heterocycles. The maximum atomic E-state index is 14.0. The summed E-state index contributed by atoms with van der Waals surface area (Å²) in [5, 5.41) is 48.0. The third-order valence-corrected chi connectivity index (χ3v) is 8.88. The predicted molar refractivity (Wildman–Crippen MR) is 161 cm³/mol. The summed E-state index contributed by atoms with van der Waals surface area (Å²) in [5.41, 5.74) is 3.76. The molecule has 12 nitrogen and oxygen atoms in total. The second-order valence-electron chi connectivity index (χ2n) is 12.1. The van der Waals surface area contributed by atoms with Crippen LogP contribution in [0.15, 0.2) is 53.3 Å². The van der Waals surface area contributed by atoms with Gasteiger partial charge in [-0.15, -0.1) is 0 Å². The number of nitrogens with zero attached hydrogens (tertiary/aromatic N) is 2. The van der Waals surface area contributed by atoms with Gasteiger partial charge in [-0.1, -0.05) is 18.2 Å². The van der Waals surface area contributed by atoms with E-state index < -0.39 is 58.0 Å². The minimum atomic E-state index is -2.70. The number of primary amides is 1. The zero-order chi connectivity index (χ0) is 32.2. The minimum Gasteiger partial charge on any atom is -0.508 e. The van der Waals surface area contributed by atoms with E-state index in [0.29, 0.717) is 35.3 Å². The van der Waals surface area contributed by atoms with Crippen molar-refractivity contribution < 1.29 is 39.6 Å². The van der Waals surface area contributed by atoms with Crippen LogP contribution in [0.5, 0.6) is 5.75 Å². The third kappa shape index (κ3) is 4.75. The Morgan fingerprint density at radius 2 is 1.77 bits per heavy atom. The molecule has 12 heteroatoms. The fourth-order valence-electron chi connectivity index (χ4n) is 6.84. The van der Waals surface area contributed by atoms with E-state index in [1.165, 1.54) is 11.0 Å². The third-order valence-electron chi connectivity index (χ3n) is 8.88. The average Bonchev–Trinajstić information content (AvgIpc) is 2.94. The van der Waals surface area contributed by atoms with Crippen molar-refractivity contribution in [3.05, 3.63) is 70.0 Å². The Labute approximate surface area is 254 Å². The average molecular weight is 605 g/mol. The lowest BCUT2D eigenvalue weighted by Gasteiger charge is -2.50. The predicted octanol–water partition coefficient (Wildman–Crippen LogP) is 0.922. The minimum absolute atomic E-state index is 0.0142. The molecule has 7 N–H and O–H groups in total. The molecule has 0 aromatic heterocycles. The fourth-order valence-corrected chi connectivity index (χ4v) is 6.84. The number of carbonyl (C=O) groups excluding carboxylic acids is 4. The van der Waals surface area contributed by atoms with E-state index >= 15 is 0 Å². The number of phenolic OH excluding ortho intramolecular Hbond substituents is 1. The maximum Gasteiger partial charge on any atom is 0.255 e. The summed E-state index contributed by atoms with van der Waals surface area (Å²) in [5.74, 6) is -7.33. The number of hydrogen-bond donors (Lipinski definition) is 6. The van der Waals surface area contributed by atoms with Crippen LogP contribution in [0.25, 0.3) is 16.9 Å². The highest BCUT2D eigenvalue weighted by molar-refractivity contribution is 6.24. The van der Waals surface area contributed by atoms with E-state index in [2.05, 4.69) is 5.32 Å². The zero-order valence-electron chi connectivity index (χ0n) is 24.9. The molecule has 232 valence electrons. The van der Waals surface area contributed by atoms with Crippen molar-refractivity contribution in [2.45, 2.75) is 24.5 Å². The van der Waals surface area contributed by atoms with E-state index in [9.17, 15) is 39.6 Å². The maximum absolute atomic E-state index is 14.0. The number of fused-ring (bicyclic) bond motifs is 3. The van der Waals surface area contributed by atoms with Crippen molar-refractivity contribution in [2.75, 3.05) is 41.3 Å². The molecule has 1 fully saturated rings. The van der Waals surface area contributed by atoms with E-state index in [1.807, 2.05) is 19.0 Å². The van der Waals surface area contributed by atoms with Gasteiger partial charge in [-0.3, -0.25) is 24.1 Å². The summed E-state index contributed by atoms with van der Waals surface area (Å²) < 4.78 is 0. The largest absolute Gasteiger partial charge is 0.508 e. The number of aliphatic hydroxyl groups excluding tert-OH is 2. The van der Waals surface area contributed by atoms with Gasteiger partial charge in [0.1, 0.15) is 22.8 Å². The number of phenols is 1. The standard InChI is InChI=1S/C32H36N4O8/c1-35(2)11-10-34-31(43)16-7-5-6-15(12-16)18-8-9-21(37)23-19(18)13-17-14-20-25(36(3)4)27(39)24(30(33)42)29(41)32(20,44)28(40)22(17)26(23)38/h5-9,12,17,20,25,37-38,41,44H,10-11,13-14H2,1-4H3,(H2,33,42)(H,34,43)/t17-,20-,25-,32+/m1/s1. The highest BCUT2D eigenvalue weighted by atomic mass is 16.3. The summed E-state index contributed by atoms with van der Waals surface area (Å²) in [6.45, 7) is 1.12. The number of Topliss-reactive ketones (excluding diaryl/α,β-unsaturated/α-hetero) is 2. The summed E-state index contributed by atoms with van der Waals surface area (Å²) in [4.78, 5) is 55.7. The summed E-state index contributed by atoms with van der Waals surface area (Å²) in [6.07, 6.45) is 0.118. The second-order valence-corrected chi connectivity index (χ2v) is 12.1. The highest BCUT2D eigenvalue weighted by Gasteiger charge is 2.64. The van der Waals surface area contributed by atoms with Gasteiger partial charge < -0.3 is 36.4 Å². The molecule has 4 atom stereocenters. The molecule has 2 amide bonds. The first-order chi connectivity index (χ1) is 20.7. The summed E-state index contributed by atoms with van der Waals surface area (Å²) in [7, 11) is 6.91. The molecule has 3 aliphatic rings. The highest BCUT2D eigenvalue weighted by Crippen LogP contribution is 2.53. The first-order valence-corrected chi connectivity index (χ1v) is 14.2. The van der Waals surface area contributed by atoms with E-state index in [-0.39, 0.29) is 35.6 Å². The van der Waals surface area contributed by atoms with Crippen LogP contribution in [0.3, 0.4) is 0 Å². The van der Waals surface area contributed by atoms with Gasteiger partial charge >= 0.3 is 0 Å². The smallest absolute Gasteiger partial charge is 0.255 e. The van der Waals surface area contributed by atoms with Gasteiger partial charge in [-0.25, -0.2) is 0 Å². The molecule has 44 heavy (non-hydrogen) atoms. The van der Waals surface area contributed by atoms with Gasteiger partial charge in [0.25, 0.3) is 11.8 Å². The number of likely N-dealkylation sites (N-methyl/N-ethyl adjacent to an activating group) is 2. The van der Waals surface area contributed by atoms with Crippen LogP contribution >= 0.6 is 0 Å². The van der Waals surface area contributed by atoms with Crippen LogP contribution in [-0.2, 0) is 20.8 Å². The molecule has 3 aliphatic carbocycles. The number of carbonyl (C=O) groups is 4. The number of ketones is 2. The monoisotopic (exact) mass is 604 g/mol. The number of nitrogens with one attached hydrogen (secondary N) is 1. The van der Waals surface area contributed by atoms with E-state index in [4.69, 9.17) is 5.73 Å². The lowest BCUT2D eigenvalue weighted by Crippen LogP contribution is -2.65. The molecule has 2 aromatic rings. The van der Waals surface area contributed by atoms with Crippen molar-refractivity contribution >= 4 is 29.1 Å². The van der Waals surface area contributed by atoms with Crippen LogP contribution < -0.4 is 11.1 Å². The van der Waals surface area contributed by atoms with Crippen molar-refractivity contribution in [1.29, 1.82) is 0 Å². The Kier molecular flexibility index (Phi) is 7.87. The number of rotatable bonds is 7. The molecule has 2 aromatic carbocycles. The van der Waals surface area contributed by atoms with Crippen LogP contribution in [0.2, 0.25) is 0 Å². The quantitative estimate of drug-likeness (QED) is 0.248. The Morgan fingerprint density at radius 3 is 2.41 bits per heavy atom. The lowest BCUT2D eigenvalue weighted by molar-refractivity contribution is -0.153. The fraction of sp³-hybridized carbons (Fsp3) is 0.375. The van der Waals surface area contributed by atoms with Crippen molar-refractivity contribution in [3.8, 4) is 16.9 Å². The number of aromatic hydroxyl groups is 1.